The smallest absolute Gasteiger partial charge is 0.273 e. The first-order chi connectivity index (χ1) is 14.8. The fourth-order valence-corrected chi connectivity index (χ4v) is 5.48. The summed E-state index contributed by atoms with van der Waals surface area (Å²) in [6.45, 7) is 2.09. The van der Waals surface area contributed by atoms with Gasteiger partial charge in [-0.05, 0) is 36.8 Å². The van der Waals surface area contributed by atoms with Crippen molar-refractivity contribution < 1.29 is 4.79 Å². The normalized spacial score (nSPS) is 14.6. The van der Waals surface area contributed by atoms with Crippen LogP contribution in [0.4, 0.5) is 5.13 Å². The lowest BCUT2D eigenvalue weighted by molar-refractivity contribution is 0.0957. The quantitative estimate of drug-likeness (QED) is 0.338. The fraction of sp³-hybridized carbons (Fsp3) is 0.227. The molecule has 1 aliphatic heterocycles. The van der Waals surface area contributed by atoms with Crippen molar-refractivity contribution in [2.24, 2.45) is 5.10 Å². The van der Waals surface area contributed by atoms with Crippen LogP contribution in [0.1, 0.15) is 34.5 Å². The summed E-state index contributed by atoms with van der Waals surface area (Å²) >= 11 is 3.29. The van der Waals surface area contributed by atoms with Gasteiger partial charge < -0.3 is 9.88 Å². The number of carbonyl (C=O) groups is 1. The molecule has 1 amide bonds. The number of carbonyl (C=O) groups excluding carboxylic acids is 1. The number of piperidine rings is 1. The number of aromatic nitrogens is 2. The zero-order chi connectivity index (χ0) is 20.3. The van der Waals surface area contributed by atoms with E-state index in [1.807, 2.05) is 30.3 Å². The molecule has 4 aromatic rings. The molecule has 0 radical (unpaired) electrons. The summed E-state index contributed by atoms with van der Waals surface area (Å²) in [7, 11) is 0. The van der Waals surface area contributed by atoms with Crippen LogP contribution in [0.15, 0.2) is 53.1 Å². The predicted octanol–water partition coefficient (Wildman–Crippen LogP) is 5.11. The van der Waals surface area contributed by atoms with Crippen molar-refractivity contribution in [3.05, 3.63) is 58.4 Å². The van der Waals surface area contributed by atoms with E-state index in [9.17, 15) is 4.79 Å². The van der Waals surface area contributed by atoms with E-state index in [2.05, 4.69) is 31.9 Å². The van der Waals surface area contributed by atoms with Crippen LogP contribution in [0.25, 0.3) is 21.5 Å². The summed E-state index contributed by atoms with van der Waals surface area (Å²) in [5.41, 5.74) is 5.11. The Morgan fingerprint density at radius 3 is 2.87 bits per heavy atom. The highest BCUT2D eigenvalue weighted by Gasteiger charge is 2.19. The van der Waals surface area contributed by atoms with Crippen LogP contribution < -0.4 is 10.3 Å². The summed E-state index contributed by atoms with van der Waals surface area (Å²) in [5, 5.41) is 8.22. The van der Waals surface area contributed by atoms with Gasteiger partial charge in [-0.2, -0.15) is 5.10 Å². The third-order valence-corrected chi connectivity index (χ3v) is 7.13. The number of anilines is 1. The van der Waals surface area contributed by atoms with Gasteiger partial charge in [-0.25, -0.2) is 10.4 Å². The van der Waals surface area contributed by atoms with Crippen molar-refractivity contribution >= 4 is 50.8 Å². The maximum Gasteiger partial charge on any atom is 0.273 e. The molecule has 0 atom stereocenters. The van der Waals surface area contributed by atoms with Crippen molar-refractivity contribution in [3.63, 3.8) is 0 Å². The number of hydrazone groups is 1. The first kappa shape index (κ1) is 19.0. The second-order valence-corrected chi connectivity index (χ2v) is 9.14. The first-order valence-corrected chi connectivity index (χ1v) is 11.7. The van der Waals surface area contributed by atoms with E-state index < -0.39 is 0 Å². The maximum atomic E-state index is 12.6. The topological polar surface area (TPSA) is 73.4 Å². The van der Waals surface area contributed by atoms with Crippen molar-refractivity contribution in [1.82, 2.24) is 15.4 Å². The Kier molecular flexibility index (Phi) is 5.33. The van der Waals surface area contributed by atoms with Crippen molar-refractivity contribution in [3.8, 4) is 10.6 Å². The number of thiazole rings is 1. The van der Waals surface area contributed by atoms with Gasteiger partial charge in [0.15, 0.2) is 5.13 Å². The van der Waals surface area contributed by atoms with Crippen LogP contribution in [0.3, 0.4) is 0 Å². The number of fused-ring (bicyclic) bond motifs is 1. The number of H-pyrrole nitrogens is 1. The van der Waals surface area contributed by atoms with Crippen LogP contribution >= 0.6 is 22.7 Å². The summed E-state index contributed by atoms with van der Waals surface area (Å²) in [4.78, 5) is 25.1. The van der Waals surface area contributed by atoms with E-state index in [-0.39, 0.29) is 5.91 Å². The Balaban J connectivity index is 1.38. The number of nitrogens with one attached hydrogen (secondary N) is 2. The Morgan fingerprint density at radius 1 is 1.17 bits per heavy atom. The SMILES string of the molecule is O=C(N/N=C\c1sc(N2CCCCC2)nc1-c1cccs1)c1c[nH]c2ccccc12. The van der Waals surface area contributed by atoms with Gasteiger partial charge >= 0.3 is 0 Å². The number of para-hydroxylation sites is 1. The Labute approximate surface area is 182 Å². The van der Waals surface area contributed by atoms with E-state index in [1.165, 1.54) is 19.3 Å². The molecule has 0 aliphatic carbocycles. The van der Waals surface area contributed by atoms with Crippen LogP contribution in [0.5, 0.6) is 0 Å². The number of aromatic amines is 1. The lowest BCUT2D eigenvalue weighted by atomic mass is 10.1. The summed E-state index contributed by atoms with van der Waals surface area (Å²) in [6.07, 6.45) is 7.13. The molecule has 2 N–H and O–H groups in total. The van der Waals surface area contributed by atoms with Gasteiger partial charge in [0.1, 0.15) is 5.69 Å². The number of amides is 1. The second kappa shape index (κ2) is 8.41. The van der Waals surface area contributed by atoms with Crippen LogP contribution in [0.2, 0.25) is 0 Å². The molecule has 8 heteroatoms. The van der Waals surface area contributed by atoms with Gasteiger partial charge in [-0.3, -0.25) is 4.79 Å². The molecule has 1 fully saturated rings. The molecule has 0 unspecified atom stereocenters. The minimum absolute atomic E-state index is 0.234. The molecule has 0 saturated carbocycles. The number of nitrogens with zero attached hydrogens (tertiary/aromatic N) is 3. The molecule has 4 heterocycles. The van der Waals surface area contributed by atoms with E-state index in [1.54, 1.807) is 35.1 Å². The van der Waals surface area contributed by atoms with Crippen LogP contribution in [-0.2, 0) is 0 Å². The van der Waals surface area contributed by atoms with Gasteiger partial charge in [0.25, 0.3) is 5.91 Å². The highest BCUT2D eigenvalue weighted by molar-refractivity contribution is 7.18. The minimum atomic E-state index is -0.234. The van der Waals surface area contributed by atoms with Crippen molar-refractivity contribution in [1.29, 1.82) is 0 Å². The Bertz CT molecular complexity index is 1190. The molecule has 30 heavy (non-hydrogen) atoms. The number of hydrogen-bond acceptors (Lipinski definition) is 6. The number of thiophene rings is 1. The molecular weight excluding hydrogens is 414 g/mol. The van der Waals surface area contributed by atoms with Crippen molar-refractivity contribution in [2.45, 2.75) is 19.3 Å². The average Bonchev–Trinajstić information content (AvgIpc) is 3.53. The molecule has 0 spiro atoms. The summed E-state index contributed by atoms with van der Waals surface area (Å²) < 4.78 is 0. The van der Waals surface area contributed by atoms with E-state index in [0.29, 0.717) is 5.56 Å². The minimum Gasteiger partial charge on any atom is -0.360 e. The molecule has 1 aromatic carbocycles. The highest BCUT2D eigenvalue weighted by atomic mass is 32.1. The lowest BCUT2D eigenvalue weighted by Gasteiger charge is -2.25. The van der Waals surface area contributed by atoms with Crippen LogP contribution in [0, 0.1) is 0 Å². The average molecular weight is 436 g/mol. The first-order valence-electron chi connectivity index (χ1n) is 9.99. The predicted molar refractivity (Wildman–Crippen MR) is 125 cm³/mol. The van der Waals surface area contributed by atoms with E-state index in [0.717, 1.165) is 44.6 Å². The van der Waals surface area contributed by atoms with Gasteiger partial charge in [0, 0.05) is 30.2 Å². The molecule has 3 aromatic heterocycles. The monoisotopic (exact) mass is 435 g/mol. The van der Waals surface area contributed by atoms with Gasteiger partial charge in [0.05, 0.1) is 21.5 Å². The zero-order valence-electron chi connectivity index (χ0n) is 16.3. The summed E-state index contributed by atoms with van der Waals surface area (Å²) in [5.74, 6) is -0.234. The van der Waals surface area contributed by atoms with Gasteiger partial charge in [0.2, 0.25) is 0 Å². The third kappa shape index (κ3) is 3.76. The Morgan fingerprint density at radius 2 is 2.03 bits per heavy atom. The standard InChI is InChI=1S/C22H21N5OS2/c28-21(16-13-23-17-8-3-2-7-15(16)17)26-24-14-19-20(18-9-6-12-29-18)25-22(30-19)27-10-4-1-5-11-27/h2-3,6-9,12-14,23H,1,4-5,10-11H2,(H,26,28)/b24-14-. The molecule has 6 nitrogen and oxygen atoms in total. The number of hydrogen-bond donors (Lipinski definition) is 2. The number of benzene rings is 1. The largest absolute Gasteiger partial charge is 0.360 e. The van der Waals surface area contributed by atoms with Crippen molar-refractivity contribution in [2.75, 3.05) is 18.0 Å². The molecular formula is C22H21N5OS2. The van der Waals surface area contributed by atoms with Gasteiger partial charge in [-0.15, -0.1) is 11.3 Å². The highest BCUT2D eigenvalue weighted by Crippen LogP contribution is 2.35. The molecule has 1 saturated heterocycles. The lowest BCUT2D eigenvalue weighted by Crippen LogP contribution is -2.29. The zero-order valence-corrected chi connectivity index (χ0v) is 17.9. The van der Waals surface area contributed by atoms with E-state index in [4.69, 9.17) is 4.98 Å². The van der Waals surface area contributed by atoms with Crippen LogP contribution in [-0.4, -0.2) is 35.2 Å². The second-order valence-electron chi connectivity index (χ2n) is 7.18. The third-order valence-electron chi connectivity index (χ3n) is 5.21. The molecule has 5 rings (SSSR count). The molecule has 0 bridgehead atoms. The van der Waals surface area contributed by atoms with E-state index >= 15 is 0 Å². The molecule has 1 aliphatic rings. The maximum absolute atomic E-state index is 12.6. The Hall–Kier alpha value is -2.97. The summed E-state index contributed by atoms with van der Waals surface area (Å²) in [6, 6.07) is 11.8. The number of rotatable bonds is 5. The fourth-order valence-electron chi connectivity index (χ4n) is 3.69. The molecule has 152 valence electrons. The van der Waals surface area contributed by atoms with Gasteiger partial charge in [-0.1, -0.05) is 35.6 Å².